The Morgan fingerprint density at radius 3 is 2.13 bits per heavy atom. The second-order valence-electron chi connectivity index (χ2n) is 8.77. The van der Waals surface area contributed by atoms with Crippen molar-refractivity contribution in [2.75, 3.05) is 10.2 Å². The van der Waals surface area contributed by atoms with E-state index in [0.29, 0.717) is 33.8 Å². The van der Waals surface area contributed by atoms with Crippen LogP contribution in [0.15, 0.2) is 54.6 Å². The molecule has 156 valence electrons. The Kier molecular flexibility index (Phi) is 4.11. The summed E-state index contributed by atoms with van der Waals surface area (Å²) < 4.78 is 0. The minimum atomic E-state index is -0.356. The van der Waals surface area contributed by atoms with E-state index in [-0.39, 0.29) is 46.4 Å². The molecule has 0 radical (unpaired) electrons. The lowest BCUT2D eigenvalue weighted by atomic mass is 9.63. The smallest absolute Gasteiger partial charge is 0.255 e. The molecule has 1 N–H and O–H groups in total. The largest absolute Gasteiger partial charge is 0.321 e. The standard InChI is InChI=1S/C24H18Cl2N2O3/c25-17-2-1-3-18(21(17)26)27-22(29)11-4-6-12(7-5-11)28-23(30)19-13-8-9-14(16-10-15(13)16)20(19)24(28)31/h1-9,13-16,19-20H,10H2,(H,27,29). The summed E-state index contributed by atoms with van der Waals surface area (Å²) in [6.45, 7) is 0. The molecule has 2 saturated carbocycles. The molecule has 3 amide bonds. The SMILES string of the molecule is O=C(Nc1cccc(Cl)c1Cl)c1ccc(N2C(=O)C3C4C=CC(C5CC45)C3C2=O)cc1. The zero-order valence-corrected chi connectivity index (χ0v) is 17.8. The molecule has 5 aliphatic rings. The Balaban J connectivity index is 1.24. The third-order valence-corrected chi connectivity index (χ3v) is 8.07. The molecular formula is C24H18Cl2N2O3. The first-order valence-electron chi connectivity index (χ1n) is 10.4. The summed E-state index contributed by atoms with van der Waals surface area (Å²) >= 11 is 12.1. The fraction of sp³-hybridized carbons (Fsp3) is 0.292. The molecule has 3 fully saturated rings. The van der Waals surface area contributed by atoms with Crippen LogP contribution in [0.4, 0.5) is 11.4 Å². The van der Waals surface area contributed by atoms with Crippen LogP contribution in [0.5, 0.6) is 0 Å². The van der Waals surface area contributed by atoms with Gasteiger partial charge in [-0.1, -0.05) is 41.4 Å². The Morgan fingerprint density at radius 2 is 1.52 bits per heavy atom. The van der Waals surface area contributed by atoms with E-state index in [1.165, 1.54) is 4.90 Å². The third-order valence-electron chi connectivity index (χ3n) is 7.25. The number of allylic oxidation sites excluding steroid dienone is 2. The quantitative estimate of drug-likeness (QED) is 0.536. The van der Waals surface area contributed by atoms with E-state index >= 15 is 0 Å². The van der Waals surface area contributed by atoms with Crippen LogP contribution in [0, 0.1) is 35.5 Å². The van der Waals surface area contributed by atoms with Crippen molar-refractivity contribution in [2.45, 2.75) is 6.42 Å². The van der Waals surface area contributed by atoms with Gasteiger partial charge in [0.05, 0.1) is 33.3 Å². The second-order valence-corrected chi connectivity index (χ2v) is 9.55. The van der Waals surface area contributed by atoms with Gasteiger partial charge in [-0.15, -0.1) is 0 Å². The van der Waals surface area contributed by atoms with Gasteiger partial charge in [-0.3, -0.25) is 19.3 Å². The van der Waals surface area contributed by atoms with Crippen molar-refractivity contribution in [3.63, 3.8) is 0 Å². The molecule has 4 aliphatic carbocycles. The second kappa shape index (κ2) is 6.68. The number of rotatable bonds is 3. The highest BCUT2D eigenvalue weighted by Crippen LogP contribution is 2.65. The molecule has 2 bridgehead atoms. The number of benzene rings is 2. The molecule has 7 rings (SSSR count). The molecule has 0 spiro atoms. The summed E-state index contributed by atoms with van der Waals surface area (Å²) in [7, 11) is 0. The highest BCUT2D eigenvalue weighted by molar-refractivity contribution is 6.44. The Morgan fingerprint density at radius 1 is 0.903 bits per heavy atom. The van der Waals surface area contributed by atoms with E-state index in [0.717, 1.165) is 6.42 Å². The number of hydrogen-bond acceptors (Lipinski definition) is 3. The van der Waals surface area contributed by atoms with Crippen LogP contribution in [-0.2, 0) is 9.59 Å². The van der Waals surface area contributed by atoms with Crippen molar-refractivity contribution in [3.8, 4) is 0 Å². The van der Waals surface area contributed by atoms with Crippen LogP contribution in [0.1, 0.15) is 16.8 Å². The number of imide groups is 1. The van der Waals surface area contributed by atoms with Crippen molar-refractivity contribution in [1.82, 2.24) is 0 Å². The van der Waals surface area contributed by atoms with Gasteiger partial charge < -0.3 is 5.32 Å². The summed E-state index contributed by atoms with van der Waals surface area (Å²) in [5.41, 5.74) is 1.31. The number of nitrogens with zero attached hydrogens (tertiary/aromatic N) is 1. The van der Waals surface area contributed by atoms with Crippen LogP contribution in [0.3, 0.4) is 0 Å². The predicted molar refractivity (Wildman–Crippen MR) is 118 cm³/mol. The summed E-state index contributed by atoms with van der Waals surface area (Å²) in [4.78, 5) is 40.3. The third kappa shape index (κ3) is 2.73. The summed E-state index contributed by atoms with van der Waals surface area (Å²) in [6.07, 6.45) is 5.45. The average Bonchev–Trinajstić information content (AvgIpc) is 3.55. The molecule has 6 atom stereocenters. The van der Waals surface area contributed by atoms with Gasteiger partial charge in [-0.25, -0.2) is 0 Å². The zero-order chi connectivity index (χ0) is 21.4. The zero-order valence-electron chi connectivity index (χ0n) is 16.3. The van der Waals surface area contributed by atoms with Crippen molar-refractivity contribution in [3.05, 3.63) is 70.2 Å². The van der Waals surface area contributed by atoms with E-state index in [9.17, 15) is 14.4 Å². The maximum Gasteiger partial charge on any atom is 0.255 e. The van der Waals surface area contributed by atoms with Gasteiger partial charge in [-0.05, 0) is 66.5 Å². The highest BCUT2D eigenvalue weighted by Gasteiger charge is 2.67. The van der Waals surface area contributed by atoms with Crippen LogP contribution >= 0.6 is 23.2 Å². The minimum Gasteiger partial charge on any atom is -0.321 e. The maximum absolute atomic E-state index is 13.2. The van der Waals surface area contributed by atoms with E-state index < -0.39 is 0 Å². The molecular weight excluding hydrogens is 435 g/mol. The molecule has 2 aromatic carbocycles. The van der Waals surface area contributed by atoms with Crippen molar-refractivity contribution in [2.24, 2.45) is 35.5 Å². The molecule has 5 nitrogen and oxygen atoms in total. The lowest BCUT2D eigenvalue weighted by molar-refractivity contribution is -0.124. The predicted octanol–water partition coefficient (Wildman–Crippen LogP) is 4.80. The van der Waals surface area contributed by atoms with Gasteiger partial charge in [0, 0.05) is 5.56 Å². The average molecular weight is 453 g/mol. The molecule has 31 heavy (non-hydrogen) atoms. The molecule has 7 heteroatoms. The van der Waals surface area contributed by atoms with Crippen LogP contribution in [-0.4, -0.2) is 17.7 Å². The number of carbonyl (C=O) groups is 3. The van der Waals surface area contributed by atoms with Gasteiger partial charge in [0.2, 0.25) is 11.8 Å². The van der Waals surface area contributed by atoms with E-state index in [1.807, 2.05) is 0 Å². The van der Waals surface area contributed by atoms with Crippen molar-refractivity contribution < 1.29 is 14.4 Å². The number of amides is 3. The highest BCUT2D eigenvalue weighted by atomic mass is 35.5. The molecule has 0 aromatic heterocycles. The lowest BCUT2D eigenvalue weighted by Crippen LogP contribution is -2.40. The first-order valence-corrected chi connectivity index (χ1v) is 11.1. The fourth-order valence-electron chi connectivity index (χ4n) is 5.77. The van der Waals surface area contributed by atoms with E-state index in [4.69, 9.17) is 23.2 Å². The maximum atomic E-state index is 13.2. The monoisotopic (exact) mass is 452 g/mol. The fourth-order valence-corrected chi connectivity index (χ4v) is 6.12. The van der Waals surface area contributed by atoms with Crippen LogP contribution in [0.25, 0.3) is 0 Å². The summed E-state index contributed by atoms with van der Waals surface area (Å²) in [5, 5.41) is 3.35. The van der Waals surface area contributed by atoms with Gasteiger partial charge in [-0.2, -0.15) is 0 Å². The van der Waals surface area contributed by atoms with Crippen LogP contribution < -0.4 is 10.2 Å². The number of carbonyl (C=O) groups excluding carboxylic acids is 3. The molecule has 6 unspecified atom stereocenters. The minimum absolute atomic E-state index is 0.109. The topological polar surface area (TPSA) is 66.5 Å². The Labute approximate surface area is 189 Å². The van der Waals surface area contributed by atoms with Gasteiger partial charge >= 0.3 is 0 Å². The number of anilines is 2. The van der Waals surface area contributed by atoms with Gasteiger partial charge in [0.1, 0.15) is 0 Å². The molecule has 2 aromatic rings. The molecule has 1 aliphatic heterocycles. The van der Waals surface area contributed by atoms with E-state index in [1.54, 1.807) is 42.5 Å². The number of hydrogen-bond donors (Lipinski definition) is 1. The Bertz CT molecular complexity index is 1140. The summed E-state index contributed by atoms with van der Waals surface area (Å²) in [5.74, 6) is 0.465. The van der Waals surface area contributed by atoms with Gasteiger partial charge in [0.15, 0.2) is 0 Å². The lowest BCUT2D eigenvalue weighted by Gasteiger charge is -2.37. The first-order chi connectivity index (χ1) is 15.0. The number of halogens is 2. The summed E-state index contributed by atoms with van der Waals surface area (Å²) in [6, 6.07) is 11.5. The van der Waals surface area contributed by atoms with E-state index in [2.05, 4.69) is 17.5 Å². The first kappa shape index (κ1) is 19.1. The number of nitrogens with one attached hydrogen (secondary N) is 1. The Hall–Kier alpha value is -2.63. The van der Waals surface area contributed by atoms with Crippen molar-refractivity contribution in [1.29, 1.82) is 0 Å². The normalized spacial score (nSPS) is 32.1. The van der Waals surface area contributed by atoms with Crippen LogP contribution in [0.2, 0.25) is 10.0 Å². The molecule has 1 heterocycles. The van der Waals surface area contributed by atoms with Crippen molar-refractivity contribution >= 4 is 52.3 Å². The molecule has 1 saturated heterocycles. The van der Waals surface area contributed by atoms with Gasteiger partial charge in [0.25, 0.3) is 5.91 Å².